The average Bonchev–Trinajstić information content (AvgIpc) is 3.14. The van der Waals surface area contributed by atoms with E-state index in [-0.39, 0.29) is 5.69 Å². The van der Waals surface area contributed by atoms with Crippen molar-refractivity contribution in [3.8, 4) is 11.3 Å². The van der Waals surface area contributed by atoms with Crippen molar-refractivity contribution in [1.82, 2.24) is 25.0 Å². The molecule has 0 aliphatic rings. The minimum Gasteiger partial charge on any atom is -0.288 e. The lowest BCUT2D eigenvalue weighted by Gasteiger charge is -2.01. The smallest absolute Gasteiger partial charge is 0.288 e. The Balaban J connectivity index is 1.81. The van der Waals surface area contributed by atoms with Crippen LogP contribution in [0.15, 0.2) is 30.3 Å². The number of benzene rings is 1. The third-order valence-electron chi connectivity index (χ3n) is 3.23. The maximum atomic E-state index is 12.5. The second kappa shape index (κ2) is 6.20. The number of H-pyrrole nitrogens is 1. The van der Waals surface area contributed by atoms with E-state index in [0.717, 1.165) is 5.56 Å². The summed E-state index contributed by atoms with van der Waals surface area (Å²) in [5.41, 5.74) is 1.37. The van der Waals surface area contributed by atoms with Gasteiger partial charge in [0.2, 0.25) is 11.8 Å². The van der Waals surface area contributed by atoms with Crippen molar-refractivity contribution in [1.29, 1.82) is 0 Å². The first kappa shape index (κ1) is 17.0. The van der Waals surface area contributed by atoms with Gasteiger partial charge in [0, 0.05) is 17.6 Å². The summed E-state index contributed by atoms with van der Waals surface area (Å²) in [4.78, 5) is 15.4. The van der Waals surface area contributed by atoms with Crippen LogP contribution in [-0.4, -0.2) is 30.9 Å². The second-order valence-electron chi connectivity index (χ2n) is 5.00. The van der Waals surface area contributed by atoms with Crippen LogP contribution in [0, 0.1) is 0 Å². The van der Waals surface area contributed by atoms with Crippen molar-refractivity contribution in [2.45, 2.75) is 6.18 Å². The molecule has 2 heterocycles. The number of nitrogens with zero attached hydrogens (tertiary/aromatic N) is 4. The number of amides is 1. The van der Waals surface area contributed by atoms with E-state index in [0.29, 0.717) is 10.7 Å². The zero-order chi connectivity index (χ0) is 18.2. The standard InChI is InChI=1S/C14H10ClF3N6O/c1-24-10(6-9(23-24)7-2-4-8(15)5-3-7)11(25)19-13-20-12(21-22-13)14(16,17)18/h2-6H,1H3,(H2,19,20,21,22,25). The number of carbonyl (C=O) groups is 1. The maximum Gasteiger partial charge on any atom is 0.451 e. The summed E-state index contributed by atoms with van der Waals surface area (Å²) in [5, 5.41) is 12.0. The Kier molecular flexibility index (Phi) is 4.21. The molecule has 0 radical (unpaired) electrons. The van der Waals surface area contributed by atoms with Crippen LogP contribution in [0.25, 0.3) is 11.3 Å². The van der Waals surface area contributed by atoms with E-state index in [1.807, 2.05) is 0 Å². The topological polar surface area (TPSA) is 88.5 Å². The number of alkyl halides is 3. The lowest BCUT2D eigenvalue weighted by molar-refractivity contribution is -0.144. The summed E-state index contributed by atoms with van der Waals surface area (Å²) in [6.07, 6.45) is -4.68. The quantitative estimate of drug-likeness (QED) is 0.741. The molecule has 7 nitrogen and oxygen atoms in total. The fourth-order valence-corrected chi connectivity index (χ4v) is 2.18. The molecule has 3 aromatic rings. The highest BCUT2D eigenvalue weighted by atomic mass is 35.5. The van der Waals surface area contributed by atoms with E-state index in [2.05, 4.69) is 20.5 Å². The zero-order valence-corrected chi connectivity index (χ0v) is 13.4. The van der Waals surface area contributed by atoms with E-state index in [4.69, 9.17) is 11.6 Å². The summed E-state index contributed by atoms with van der Waals surface area (Å²) in [7, 11) is 1.54. The van der Waals surface area contributed by atoms with Gasteiger partial charge in [-0.15, -0.1) is 5.10 Å². The molecule has 0 saturated heterocycles. The number of halogens is 4. The van der Waals surface area contributed by atoms with Crippen LogP contribution >= 0.6 is 11.6 Å². The first-order valence-electron chi connectivity index (χ1n) is 6.85. The number of rotatable bonds is 3. The molecule has 11 heteroatoms. The van der Waals surface area contributed by atoms with Crippen LogP contribution < -0.4 is 5.32 Å². The highest BCUT2D eigenvalue weighted by Crippen LogP contribution is 2.26. The predicted octanol–water partition coefficient (Wildman–Crippen LogP) is 3.13. The number of hydrogen-bond acceptors (Lipinski definition) is 4. The molecule has 0 bridgehead atoms. The van der Waals surface area contributed by atoms with E-state index < -0.39 is 23.9 Å². The molecule has 0 spiro atoms. The molecule has 1 aromatic carbocycles. The lowest BCUT2D eigenvalue weighted by atomic mass is 10.1. The summed E-state index contributed by atoms with van der Waals surface area (Å²) in [6, 6.07) is 8.32. The van der Waals surface area contributed by atoms with Gasteiger partial charge >= 0.3 is 6.18 Å². The van der Waals surface area contributed by atoms with Crippen LogP contribution in [0.3, 0.4) is 0 Å². The van der Waals surface area contributed by atoms with Gasteiger partial charge in [-0.2, -0.15) is 23.3 Å². The van der Waals surface area contributed by atoms with Crippen LogP contribution in [0.1, 0.15) is 16.3 Å². The first-order chi connectivity index (χ1) is 11.7. The Morgan fingerprint density at radius 3 is 2.56 bits per heavy atom. The van der Waals surface area contributed by atoms with E-state index in [9.17, 15) is 18.0 Å². The van der Waals surface area contributed by atoms with Crippen LogP contribution in [-0.2, 0) is 13.2 Å². The van der Waals surface area contributed by atoms with Gasteiger partial charge in [0.05, 0.1) is 5.69 Å². The van der Waals surface area contributed by atoms with Crippen LogP contribution in [0.5, 0.6) is 0 Å². The fraction of sp³-hybridized carbons (Fsp3) is 0.143. The molecular formula is C14H10ClF3N6O. The van der Waals surface area contributed by atoms with Gasteiger partial charge in [-0.1, -0.05) is 23.7 Å². The van der Waals surface area contributed by atoms with E-state index in [1.165, 1.54) is 17.8 Å². The van der Waals surface area contributed by atoms with Gasteiger partial charge in [0.15, 0.2) is 0 Å². The molecule has 0 unspecified atom stereocenters. The monoisotopic (exact) mass is 370 g/mol. The summed E-state index contributed by atoms with van der Waals surface area (Å²) in [6.45, 7) is 0. The number of anilines is 1. The minimum atomic E-state index is -4.68. The number of hydrogen-bond donors (Lipinski definition) is 2. The van der Waals surface area contributed by atoms with Gasteiger partial charge in [-0.05, 0) is 18.2 Å². The Morgan fingerprint density at radius 2 is 1.96 bits per heavy atom. The average molecular weight is 371 g/mol. The van der Waals surface area contributed by atoms with Gasteiger partial charge in [0.25, 0.3) is 5.91 Å². The van der Waals surface area contributed by atoms with Crippen molar-refractivity contribution < 1.29 is 18.0 Å². The van der Waals surface area contributed by atoms with Crippen molar-refractivity contribution in [3.05, 3.63) is 46.9 Å². The van der Waals surface area contributed by atoms with Crippen molar-refractivity contribution >= 4 is 23.5 Å². The van der Waals surface area contributed by atoms with E-state index in [1.54, 1.807) is 29.4 Å². The molecule has 130 valence electrons. The summed E-state index contributed by atoms with van der Waals surface area (Å²) < 4.78 is 38.7. The number of aryl methyl sites for hydroxylation is 1. The molecule has 0 saturated carbocycles. The molecule has 0 atom stereocenters. The number of aromatic nitrogens is 5. The first-order valence-corrected chi connectivity index (χ1v) is 7.23. The fourth-order valence-electron chi connectivity index (χ4n) is 2.05. The Morgan fingerprint density at radius 1 is 1.28 bits per heavy atom. The maximum absolute atomic E-state index is 12.5. The molecule has 2 aromatic heterocycles. The summed E-state index contributed by atoms with van der Waals surface area (Å²) >= 11 is 5.82. The summed E-state index contributed by atoms with van der Waals surface area (Å²) in [5.74, 6) is -2.47. The third-order valence-corrected chi connectivity index (χ3v) is 3.48. The molecular weight excluding hydrogens is 361 g/mol. The minimum absolute atomic E-state index is 0.128. The lowest BCUT2D eigenvalue weighted by Crippen LogP contribution is -2.17. The van der Waals surface area contributed by atoms with Gasteiger partial charge in [-0.25, -0.2) is 0 Å². The Labute approximate surface area is 143 Å². The third kappa shape index (κ3) is 3.63. The number of carbonyl (C=O) groups excluding carboxylic acids is 1. The molecule has 2 N–H and O–H groups in total. The van der Waals surface area contributed by atoms with Crippen molar-refractivity contribution in [3.63, 3.8) is 0 Å². The number of nitrogens with one attached hydrogen (secondary N) is 2. The van der Waals surface area contributed by atoms with Crippen molar-refractivity contribution in [2.75, 3.05) is 5.32 Å². The number of aromatic amines is 1. The Bertz CT molecular complexity index is 916. The van der Waals surface area contributed by atoms with Gasteiger partial charge < -0.3 is 0 Å². The normalized spacial score (nSPS) is 11.6. The molecule has 0 fully saturated rings. The second-order valence-corrected chi connectivity index (χ2v) is 5.44. The highest BCUT2D eigenvalue weighted by Gasteiger charge is 2.35. The highest BCUT2D eigenvalue weighted by molar-refractivity contribution is 6.30. The van der Waals surface area contributed by atoms with Crippen LogP contribution in [0.4, 0.5) is 19.1 Å². The van der Waals surface area contributed by atoms with Crippen molar-refractivity contribution in [2.24, 2.45) is 7.05 Å². The SMILES string of the molecule is Cn1nc(-c2ccc(Cl)cc2)cc1C(=O)Nc1n[nH]c(C(F)(F)F)n1. The molecule has 3 rings (SSSR count). The Hall–Kier alpha value is -2.88. The van der Waals surface area contributed by atoms with Gasteiger partial charge in [0.1, 0.15) is 5.69 Å². The van der Waals surface area contributed by atoms with E-state index >= 15 is 0 Å². The zero-order valence-electron chi connectivity index (χ0n) is 12.6. The van der Waals surface area contributed by atoms with Crippen LogP contribution in [0.2, 0.25) is 5.02 Å². The molecule has 0 aliphatic carbocycles. The molecule has 0 aliphatic heterocycles. The predicted molar refractivity (Wildman–Crippen MR) is 83.0 cm³/mol. The molecule has 1 amide bonds. The largest absolute Gasteiger partial charge is 0.451 e. The molecule has 25 heavy (non-hydrogen) atoms. The van der Waals surface area contributed by atoms with Gasteiger partial charge in [-0.3, -0.25) is 19.9 Å².